The maximum absolute atomic E-state index is 11.7. The van der Waals surface area contributed by atoms with E-state index in [9.17, 15) is 13.5 Å². The monoisotopic (exact) mass is 296 g/mol. The van der Waals surface area contributed by atoms with Gasteiger partial charge in [-0.1, -0.05) is 60.0 Å². The van der Waals surface area contributed by atoms with Crippen molar-refractivity contribution in [2.75, 3.05) is 5.75 Å². The van der Waals surface area contributed by atoms with Crippen molar-refractivity contribution in [2.24, 2.45) is 0 Å². The number of sulfone groups is 1. The number of alkyl halides is 2. The van der Waals surface area contributed by atoms with E-state index in [2.05, 4.69) is 0 Å². The predicted octanol–water partition coefficient (Wildman–Crippen LogP) is 2.59. The molecule has 6 heteroatoms. The minimum Gasteiger partial charge on any atom is -0.384 e. The van der Waals surface area contributed by atoms with Gasteiger partial charge in [0.15, 0.2) is 9.84 Å². The lowest BCUT2D eigenvalue weighted by Gasteiger charge is -2.25. The molecule has 0 saturated heterocycles. The molecule has 0 fully saturated rings. The highest BCUT2D eigenvalue weighted by atomic mass is 35.5. The molecule has 0 heterocycles. The van der Waals surface area contributed by atoms with Crippen molar-refractivity contribution >= 4 is 33.0 Å². The fraction of sp³-hybridized carbons (Fsp3) is 0.455. The Morgan fingerprint density at radius 3 is 2.18 bits per heavy atom. The summed E-state index contributed by atoms with van der Waals surface area (Å²) in [5.41, 5.74) is 1.37. The summed E-state index contributed by atoms with van der Waals surface area (Å²) in [6.07, 6.45) is -1.48. The van der Waals surface area contributed by atoms with Crippen LogP contribution in [0.1, 0.15) is 24.2 Å². The van der Waals surface area contributed by atoms with Crippen LogP contribution in [0.2, 0.25) is 0 Å². The van der Waals surface area contributed by atoms with Crippen LogP contribution < -0.4 is 0 Å². The lowest BCUT2D eigenvalue weighted by atomic mass is 10.1. The minimum atomic E-state index is -3.77. The second-order valence-electron chi connectivity index (χ2n) is 3.78. The fourth-order valence-electron chi connectivity index (χ4n) is 1.31. The van der Waals surface area contributed by atoms with E-state index in [4.69, 9.17) is 23.2 Å². The number of benzene rings is 1. The highest BCUT2D eigenvalue weighted by Gasteiger charge is 2.46. The van der Waals surface area contributed by atoms with E-state index in [0.29, 0.717) is 5.56 Å². The smallest absolute Gasteiger partial charge is 0.247 e. The maximum Gasteiger partial charge on any atom is 0.247 e. The first-order valence-electron chi connectivity index (χ1n) is 5.07. The standard InChI is InChI=1S/C11H14Cl2O3S/c1-3-17(15,16)11(12,13)10(14)9-6-4-8(2)5-7-9/h4-7,10,14H,3H2,1-2H3/t10-/m0/s1. The number of hydrogen-bond donors (Lipinski definition) is 1. The van der Waals surface area contributed by atoms with E-state index in [1.807, 2.05) is 6.92 Å². The summed E-state index contributed by atoms with van der Waals surface area (Å²) in [6.45, 7) is 3.31. The van der Waals surface area contributed by atoms with E-state index in [1.54, 1.807) is 24.3 Å². The zero-order valence-electron chi connectivity index (χ0n) is 9.52. The molecule has 0 amide bonds. The van der Waals surface area contributed by atoms with Gasteiger partial charge in [-0.25, -0.2) is 8.42 Å². The van der Waals surface area contributed by atoms with Gasteiger partial charge in [0.1, 0.15) is 6.10 Å². The van der Waals surface area contributed by atoms with E-state index in [1.165, 1.54) is 6.92 Å². The molecule has 1 rings (SSSR count). The molecule has 0 aliphatic rings. The van der Waals surface area contributed by atoms with Crippen LogP contribution in [0.5, 0.6) is 0 Å². The molecule has 1 atom stereocenters. The predicted molar refractivity (Wildman–Crippen MR) is 70.0 cm³/mol. The Hall–Kier alpha value is -0.290. The molecule has 3 nitrogen and oxygen atoms in total. The van der Waals surface area contributed by atoms with E-state index in [-0.39, 0.29) is 5.75 Å². The van der Waals surface area contributed by atoms with Gasteiger partial charge in [-0.3, -0.25) is 0 Å². The van der Waals surface area contributed by atoms with Crippen LogP contribution in [0.4, 0.5) is 0 Å². The van der Waals surface area contributed by atoms with Crippen LogP contribution in [0.25, 0.3) is 0 Å². The second kappa shape index (κ2) is 5.14. The molecule has 0 saturated carbocycles. The van der Waals surface area contributed by atoms with Crippen LogP contribution in [0.3, 0.4) is 0 Å². The molecule has 1 aromatic carbocycles. The number of hydrogen-bond acceptors (Lipinski definition) is 3. The number of aliphatic hydroxyl groups is 1. The average molecular weight is 297 g/mol. The van der Waals surface area contributed by atoms with Gasteiger partial charge in [-0.15, -0.1) is 0 Å². The van der Waals surface area contributed by atoms with Gasteiger partial charge in [-0.2, -0.15) is 0 Å². The Bertz CT molecular complexity index is 480. The lowest BCUT2D eigenvalue weighted by molar-refractivity contribution is 0.181. The zero-order valence-corrected chi connectivity index (χ0v) is 11.9. The molecule has 17 heavy (non-hydrogen) atoms. The number of rotatable bonds is 4. The van der Waals surface area contributed by atoms with E-state index < -0.39 is 19.6 Å². The van der Waals surface area contributed by atoms with Crippen LogP contribution in [0.15, 0.2) is 24.3 Å². The Labute approximate surface area is 111 Å². The molecule has 0 aliphatic heterocycles. The van der Waals surface area contributed by atoms with Gasteiger partial charge in [0.25, 0.3) is 0 Å². The highest BCUT2D eigenvalue weighted by Crippen LogP contribution is 2.41. The molecular formula is C11H14Cl2O3S. The maximum atomic E-state index is 11.7. The molecule has 0 aromatic heterocycles. The topological polar surface area (TPSA) is 54.4 Å². The van der Waals surface area contributed by atoms with Crippen molar-refractivity contribution < 1.29 is 13.5 Å². The minimum absolute atomic E-state index is 0.233. The van der Waals surface area contributed by atoms with Crippen LogP contribution >= 0.6 is 23.2 Å². The first-order valence-corrected chi connectivity index (χ1v) is 7.48. The molecule has 96 valence electrons. The van der Waals surface area contributed by atoms with Crippen molar-refractivity contribution in [2.45, 2.75) is 23.6 Å². The summed E-state index contributed by atoms with van der Waals surface area (Å²) in [6, 6.07) is 6.71. The van der Waals surface area contributed by atoms with Gasteiger partial charge in [-0.05, 0) is 12.5 Å². The average Bonchev–Trinajstić information content (AvgIpc) is 2.28. The van der Waals surface area contributed by atoms with Crippen molar-refractivity contribution in [1.82, 2.24) is 0 Å². The molecule has 0 bridgehead atoms. The normalized spacial score (nSPS) is 14.6. The number of aliphatic hydroxyl groups excluding tert-OH is 1. The zero-order chi connectivity index (χ0) is 13.3. The SMILES string of the molecule is CCS(=O)(=O)C(Cl)(Cl)[C@@H](O)c1ccc(C)cc1. The Balaban J connectivity index is 3.12. The summed E-state index contributed by atoms with van der Waals surface area (Å²) < 4.78 is 21.1. The first kappa shape index (κ1) is 14.8. The quantitative estimate of drug-likeness (QED) is 0.869. The Morgan fingerprint density at radius 1 is 1.29 bits per heavy atom. The second-order valence-corrected chi connectivity index (χ2v) is 8.06. The molecular weight excluding hydrogens is 283 g/mol. The van der Waals surface area contributed by atoms with Crippen LogP contribution in [-0.4, -0.2) is 22.9 Å². The van der Waals surface area contributed by atoms with Gasteiger partial charge in [0.2, 0.25) is 3.67 Å². The molecule has 1 aromatic rings. The van der Waals surface area contributed by atoms with Crippen molar-refractivity contribution in [3.05, 3.63) is 35.4 Å². The van der Waals surface area contributed by atoms with Crippen LogP contribution in [-0.2, 0) is 9.84 Å². The molecule has 0 aliphatic carbocycles. The third-order valence-corrected chi connectivity index (χ3v) is 6.14. The van der Waals surface area contributed by atoms with Crippen molar-refractivity contribution in [3.63, 3.8) is 0 Å². The summed E-state index contributed by atoms with van der Waals surface area (Å²) >= 11 is 11.6. The third-order valence-electron chi connectivity index (χ3n) is 2.51. The van der Waals surface area contributed by atoms with E-state index in [0.717, 1.165) is 5.56 Å². The van der Waals surface area contributed by atoms with Gasteiger partial charge >= 0.3 is 0 Å². The highest BCUT2D eigenvalue weighted by molar-refractivity contribution is 7.95. The summed E-state index contributed by atoms with van der Waals surface area (Å²) in [7, 11) is -3.77. The third kappa shape index (κ3) is 2.94. The van der Waals surface area contributed by atoms with Gasteiger partial charge in [0, 0.05) is 0 Å². The summed E-state index contributed by atoms with van der Waals surface area (Å²) in [5, 5.41) is 9.96. The van der Waals surface area contributed by atoms with Crippen molar-refractivity contribution in [3.8, 4) is 0 Å². The molecule has 0 unspecified atom stereocenters. The molecule has 0 spiro atoms. The van der Waals surface area contributed by atoms with Crippen molar-refractivity contribution in [1.29, 1.82) is 0 Å². The molecule has 1 N–H and O–H groups in total. The van der Waals surface area contributed by atoms with Gasteiger partial charge in [0.05, 0.1) is 5.75 Å². The molecule has 0 radical (unpaired) electrons. The Morgan fingerprint density at radius 2 is 1.76 bits per heavy atom. The van der Waals surface area contributed by atoms with Gasteiger partial charge < -0.3 is 5.11 Å². The number of aryl methyl sites for hydroxylation is 1. The summed E-state index contributed by atoms with van der Waals surface area (Å²) in [5.74, 6) is -0.233. The number of halogens is 2. The van der Waals surface area contributed by atoms with E-state index >= 15 is 0 Å². The fourth-order valence-corrected chi connectivity index (χ4v) is 3.07. The largest absolute Gasteiger partial charge is 0.384 e. The lowest BCUT2D eigenvalue weighted by Crippen LogP contribution is -2.34. The summed E-state index contributed by atoms with van der Waals surface area (Å²) in [4.78, 5) is 0. The Kier molecular flexibility index (Phi) is 4.47. The van der Waals surface area contributed by atoms with Crippen LogP contribution in [0, 0.1) is 6.92 Å². The first-order chi connectivity index (χ1) is 7.72.